The highest BCUT2D eigenvalue weighted by atomic mass is 19.1. The Morgan fingerprint density at radius 1 is 0.833 bits per heavy atom. The second-order valence-electron chi connectivity index (χ2n) is 3.95. The van der Waals surface area contributed by atoms with Crippen LogP contribution in [0.5, 0.6) is 0 Å². The molecular formula is C15H10FNO. The summed E-state index contributed by atoms with van der Waals surface area (Å²) in [4.78, 5) is 0. The summed E-state index contributed by atoms with van der Waals surface area (Å²) in [5.74, 6) is 0.395. The summed E-state index contributed by atoms with van der Waals surface area (Å²) in [6, 6.07) is 17.8. The van der Waals surface area contributed by atoms with Gasteiger partial charge in [-0.15, -0.1) is 0 Å². The van der Waals surface area contributed by atoms with Gasteiger partial charge in [-0.3, -0.25) is 0 Å². The standard InChI is InChI=1S/C15H10FNO/c16-13-8-4-7-12(9-13)14-10-15(18-17-14)11-5-2-1-3-6-11/h1-10H. The summed E-state index contributed by atoms with van der Waals surface area (Å²) in [5, 5.41) is 3.96. The minimum Gasteiger partial charge on any atom is -0.356 e. The van der Waals surface area contributed by atoms with Gasteiger partial charge in [-0.2, -0.15) is 0 Å². The summed E-state index contributed by atoms with van der Waals surface area (Å²) in [6.07, 6.45) is 0. The molecule has 3 rings (SSSR count). The first-order chi connectivity index (χ1) is 8.83. The molecule has 0 spiro atoms. The monoisotopic (exact) mass is 239 g/mol. The van der Waals surface area contributed by atoms with Gasteiger partial charge in [-0.05, 0) is 12.1 Å². The van der Waals surface area contributed by atoms with E-state index in [4.69, 9.17) is 4.52 Å². The number of halogens is 1. The normalized spacial score (nSPS) is 10.5. The van der Waals surface area contributed by atoms with Gasteiger partial charge in [0.2, 0.25) is 0 Å². The van der Waals surface area contributed by atoms with Gasteiger partial charge in [0.25, 0.3) is 0 Å². The molecule has 0 bridgehead atoms. The lowest BCUT2D eigenvalue weighted by Gasteiger charge is -1.94. The van der Waals surface area contributed by atoms with Gasteiger partial charge in [-0.1, -0.05) is 47.6 Å². The molecule has 88 valence electrons. The van der Waals surface area contributed by atoms with Crippen LogP contribution in [0.15, 0.2) is 65.2 Å². The lowest BCUT2D eigenvalue weighted by molar-refractivity contribution is 0.435. The average Bonchev–Trinajstić information content (AvgIpc) is 2.89. The molecule has 3 heteroatoms. The van der Waals surface area contributed by atoms with E-state index in [1.54, 1.807) is 12.1 Å². The van der Waals surface area contributed by atoms with Gasteiger partial charge in [0.15, 0.2) is 5.76 Å². The zero-order valence-corrected chi connectivity index (χ0v) is 9.51. The first kappa shape index (κ1) is 10.7. The molecule has 0 saturated heterocycles. The number of hydrogen-bond donors (Lipinski definition) is 0. The fourth-order valence-corrected chi connectivity index (χ4v) is 1.80. The van der Waals surface area contributed by atoms with Crippen molar-refractivity contribution in [2.75, 3.05) is 0 Å². The molecule has 18 heavy (non-hydrogen) atoms. The Labute approximate surface area is 104 Å². The quantitative estimate of drug-likeness (QED) is 0.671. The van der Waals surface area contributed by atoms with Crippen molar-refractivity contribution in [1.82, 2.24) is 5.16 Å². The first-order valence-corrected chi connectivity index (χ1v) is 5.61. The maximum absolute atomic E-state index is 13.1. The van der Waals surface area contributed by atoms with Crippen molar-refractivity contribution in [1.29, 1.82) is 0 Å². The van der Waals surface area contributed by atoms with Crippen LogP contribution in [0.3, 0.4) is 0 Å². The molecule has 0 aliphatic rings. The predicted molar refractivity (Wildman–Crippen MR) is 67.3 cm³/mol. The molecule has 0 amide bonds. The average molecular weight is 239 g/mol. The van der Waals surface area contributed by atoms with Gasteiger partial charge in [-0.25, -0.2) is 4.39 Å². The van der Waals surface area contributed by atoms with Crippen molar-refractivity contribution in [3.63, 3.8) is 0 Å². The van der Waals surface area contributed by atoms with Gasteiger partial charge in [0.05, 0.1) is 0 Å². The van der Waals surface area contributed by atoms with Crippen LogP contribution in [-0.2, 0) is 0 Å². The number of benzene rings is 2. The second kappa shape index (κ2) is 4.45. The van der Waals surface area contributed by atoms with Crippen molar-refractivity contribution < 1.29 is 8.91 Å². The summed E-state index contributed by atoms with van der Waals surface area (Å²) in [6.45, 7) is 0. The van der Waals surface area contributed by atoms with E-state index in [0.29, 0.717) is 17.0 Å². The molecule has 0 aliphatic heterocycles. The van der Waals surface area contributed by atoms with Crippen molar-refractivity contribution in [2.24, 2.45) is 0 Å². The fraction of sp³-hybridized carbons (Fsp3) is 0. The summed E-state index contributed by atoms with van der Waals surface area (Å²) >= 11 is 0. The van der Waals surface area contributed by atoms with E-state index in [1.807, 2.05) is 36.4 Å². The third-order valence-electron chi connectivity index (χ3n) is 2.69. The molecule has 0 atom stereocenters. The Hall–Kier alpha value is -2.42. The van der Waals surface area contributed by atoms with E-state index in [-0.39, 0.29) is 5.82 Å². The SMILES string of the molecule is Fc1cccc(-c2cc(-c3ccccc3)on2)c1. The van der Waals surface area contributed by atoms with Crippen LogP contribution >= 0.6 is 0 Å². The van der Waals surface area contributed by atoms with E-state index < -0.39 is 0 Å². The van der Waals surface area contributed by atoms with Gasteiger partial charge in [0.1, 0.15) is 11.5 Å². The molecule has 1 aromatic heterocycles. The van der Waals surface area contributed by atoms with Crippen LogP contribution in [0.25, 0.3) is 22.6 Å². The molecule has 0 N–H and O–H groups in total. The van der Waals surface area contributed by atoms with Crippen molar-refractivity contribution in [2.45, 2.75) is 0 Å². The first-order valence-electron chi connectivity index (χ1n) is 5.61. The second-order valence-corrected chi connectivity index (χ2v) is 3.95. The van der Waals surface area contributed by atoms with Crippen LogP contribution in [0, 0.1) is 5.82 Å². The van der Waals surface area contributed by atoms with Gasteiger partial charge < -0.3 is 4.52 Å². The Morgan fingerprint density at radius 3 is 2.39 bits per heavy atom. The highest BCUT2D eigenvalue weighted by Crippen LogP contribution is 2.25. The van der Waals surface area contributed by atoms with Crippen molar-refractivity contribution in [3.05, 3.63) is 66.5 Å². The third kappa shape index (κ3) is 2.02. The lowest BCUT2D eigenvalue weighted by Crippen LogP contribution is -1.78. The van der Waals surface area contributed by atoms with Crippen LogP contribution in [0.1, 0.15) is 0 Å². The van der Waals surface area contributed by atoms with Crippen molar-refractivity contribution in [3.8, 4) is 22.6 Å². The van der Waals surface area contributed by atoms with E-state index >= 15 is 0 Å². The maximum atomic E-state index is 13.1. The maximum Gasteiger partial charge on any atom is 0.167 e. The minimum absolute atomic E-state index is 0.281. The topological polar surface area (TPSA) is 26.0 Å². The Bertz CT molecular complexity index is 661. The van der Waals surface area contributed by atoms with E-state index in [2.05, 4.69) is 5.16 Å². The molecule has 2 nitrogen and oxygen atoms in total. The third-order valence-corrected chi connectivity index (χ3v) is 2.69. The molecule has 0 fully saturated rings. The zero-order chi connectivity index (χ0) is 12.4. The predicted octanol–water partition coefficient (Wildman–Crippen LogP) is 4.15. The van der Waals surface area contributed by atoms with Gasteiger partial charge in [0, 0.05) is 17.2 Å². The molecule has 2 aromatic carbocycles. The van der Waals surface area contributed by atoms with Crippen LogP contribution in [-0.4, -0.2) is 5.16 Å². The molecule has 3 aromatic rings. The number of aromatic nitrogens is 1. The molecule has 0 radical (unpaired) electrons. The van der Waals surface area contributed by atoms with E-state index in [0.717, 1.165) is 5.56 Å². The number of rotatable bonds is 2. The zero-order valence-electron chi connectivity index (χ0n) is 9.51. The van der Waals surface area contributed by atoms with Crippen LogP contribution in [0.2, 0.25) is 0 Å². The Balaban J connectivity index is 2.00. The smallest absolute Gasteiger partial charge is 0.167 e. The lowest BCUT2D eigenvalue weighted by atomic mass is 10.1. The summed E-state index contributed by atoms with van der Waals surface area (Å²) in [5.41, 5.74) is 2.29. The molecule has 0 unspecified atom stereocenters. The molecule has 0 saturated carbocycles. The van der Waals surface area contributed by atoms with Crippen molar-refractivity contribution >= 4 is 0 Å². The molecule has 0 aliphatic carbocycles. The summed E-state index contributed by atoms with van der Waals surface area (Å²) < 4.78 is 18.4. The number of nitrogens with zero attached hydrogens (tertiary/aromatic N) is 1. The van der Waals surface area contributed by atoms with E-state index in [9.17, 15) is 4.39 Å². The van der Waals surface area contributed by atoms with Crippen LogP contribution in [0.4, 0.5) is 4.39 Å². The summed E-state index contributed by atoms with van der Waals surface area (Å²) in [7, 11) is 0. The molecular weight excluding hydrogens is 229 g/mol. The molecule has 1 heterocycles. The Kier molecular flexibility index (Phi) is 2.65. The highest BCUT2D eigenvalue weighted by molar-refractivity contribution is 5.66. The van der Waals surface area contributed by atoms with Crippen LogP contribution < -0.4 is 0 Å². The Morgan fingerprint density at radius 2 is 1.61 bits per heavy atom. The minimum atomic E-state index is -0.281. The largest absolute Gasteiger partial charge is 0.356 e. The van der Waals surface area contributed by atoms with Gasteiger partial charge >= 0.3 is 0 Å². The number of hydrogen-bond acceptors (Lipinski definition) is 2. The van der Waals surface area contributed by atoms with E-state index in [1.165, 1.54) is 12.1 Å². The fourth-order valence-electron chi connectivity index (χ4n) is 1.80. The highest BCUT2D eigenvalue weighted by Gasteiger charge is 2.08.